The highest BCUT2D eigenvalue weighted by atomic mass is 16.5. The molecule has 24 heavy (non-hydrogen) atoms. The van der Waals surface area contributed by atoms with Crippen LogP contribution >= 0.6 is 0 Å². The Morgan fingerprint density at radius 1 is 1.25 bits per heavy atom. The van der Waals surface area contributed by atoms with Gasteiger partial charge in [-0.1, -0.05) is 6.07 Å². The van der Waals surface area contributed by atoms with Gasteiger partial charge in [-0.2, -0.15) is 0 Å². The van der Waals surface area contributed by atoms with Gasteiger partial charge in [0.25, 0.3) is 0 Å². The number of carbonyl (C=O) groups is 3. The average molecular weight is 333 g/mol. The predicted molar refractivity (Wildman–Crippen MR) is 90.0 cm³/mol. The van der Waals surface area contributed by atoms with Crippen LogP contribution in [-0.4, -0.2) is 67.9 Å². The van der Waals surface area contributed by atoms with Crippen molar-refractivity contribution in [2.45, 2.75) is 13.8 Å². The summed E-state index contributed by atoms with van der Waals surface area (Å²) in [6, 6.07) is 5.51. The Morgan fingerprint density at radius 3 is 2.46 bits per heavy atom. The van der Waals surface area contributed by atoms with Gasteiger partial charge in [-0.05, 0) is 24.6 Å². The first-order chi connectivity index (χ1) is 11.5. The maximum absolute atomic E-state index is 12.6. The van der Waals surface area contributed by atoms with Gasteiger partial charge >= 0.3 is 0 Å². The van der Waals surface area contributed by atoms with Crippen LogP contribution in [0.4, 0.5) is 5.69 Å². The molecule has 1 aliphatic heterocycles. The average Bonchev–Trinajstić information content (AvgIpc) is 2.59. The molecule has 0 aliphatic carbocycles. The zero-order valence-electron chi connectivity index (χ0n) is 14.3. The molecule has 1 aromatic carbocycles. The fourth-order valence-corrected chi connectivity index (χ4v) is 2.69. The molecule has 0 spiro atoms. The van der Waals surface area contributed by atoms with E-state index in [2.05, 4.69) is 0 Å². The van der Waals surface area contributed by atoms with Crippen molar-refractivity contribution in [3.8, 4) is 5.75 Å². The Balaban J connectivity index is 2.15. The van der Waals surface area contributed by atoms with Crippen LogP contribution < -0.4 is 9.64 Å². The van der Waals surface area contributed by atoms with Gasteiger partial charge < -0.3 is 14.5 Å². The van der Waals surface area contributed by atoms with Crippen LogP contribution in [0.3, 0.4) is 0 Å². The normalized spacial score (nSPS) is 14.3. The maximum Gasteiger partial charge on any atom is 0.242 e. The standard InChI is InChI=1S/C17H23N3O4/c1-13-4-5-16(24-3)15(10-13)20(14(2)22)11-17(23)19-8-6-18(12-21)7-9-19/h4-5,10,12H,6-9,11H2,1-3H3. The van der Waals surface area contributed by atoms with Crippen LogP contribution in [0.25, 0.3) is 0 Å². The van der Waals surface area contributed by atoms with E-state index in [9.17, 15) is 14.4 Å². The summed E-state index contributed by atoms with van der Waals surface area (Å²) in [6.45, 7) is 5.30. The number of aryl methyl sites for hydroxylation is 1. The Morgan fingerprint density at radius 2 is 1.92 bits per heavy atom. The molecule has 1 heterocycles. The molecule has 0 radical (unpaired) electrons. The van der Waals surface area contributed by atoms with E-state index in [1.807, 2.05) is 19.1 Å². The smallest absolute Gasteiger partial charge is 0.242 e. The van der Waals surface area contributed by atoms with Crippen molar-refractivity contribution >= 4 is 23.9 Å². The second-order valence-corrected chi connectivity index (χ2v) is 5.80. The Kier molecular flexibility index (Phi) is 5.78. The minimum atomic E-state index is -0.223. The summed E-state index contributed by atoms with van der Waals surface area (Å²) in [7, 11) is 1.53. The minimum absolute atomic E-state index is 0.0454. The van der Waals surface area contributed by atoms with Crippen LogP contribution in [0.2, 0.25) is 0 Å². The third kappa shape index (κ3) is 4.04. The number of rotatable bonds is 5. The van der Waals surface area contributed by atoms with Crippen molar-refractivity contribution in [1.82, 2.24) is 9.80 Å². The molecule has 0 aromatic heterocycles. The molecular formula is C17H23N3O4. The van der Waals surface area contributed by atoms with Crippen LogP contribution in [0, 0.1) is 6.92 Å². The molecule has 3 amide bonds. The topological polar surface area (TPSA) is 70.2 Å². The van der Waals surface area contributed by atoms with Gasteiger partial charge in [0, 0.05) is 33.1 Å². The van der Waals surface area contributed by atoms with Gasteiger partial charge in [0.05, 0.1) is 12.8 Å². The lowest BCUT2D eigenvalue weighted by Gasteiger charge is -2.34. The zero-order chi connectivity index (χ0) is 17.7. The van der Waals surface area contributed by atoms with Crippen molar-refractivity contribution in [2.75, 3.05) is 44.7 Å². The number of nitrogens with zero attached hydrogens (tertiary/aromatic N) is 3. The van der Waals surface area contributed by atoms with Crippen molar-refractivity contribution in [3.63, 3.8) is 0 Å². The number of anilines is 1. The van der Waals surface area contributed by atoms with E-state index in [-0.39, 0.29) is 18.4 Å². The van der Waals surface area contributed by atoms with Gasteiger partial charge in [0.15, 0.2) is 0 Å². The Bertz CT molecular complexity index is 624. The summed E-state index contributed by atoms with van der Waals surface area (Å²) in [4.78, 5) is 40.1. The number of hydrogen-bond acceptors (Lipinski definition) is 4. The Labute approximate surface area is 141 Å². The molecule has 7 nitrogen and oxygen atoms in total. The van der Waals surface area contributed by atoms with E-state index < -0.39 is 0 Å². The molecule has 0 N–H and O–H groups in total. The van der Waals surface area contributed by atoms with Crippen LogP contribution in [0.1, 0.15) is 12.5 Å². The summed E-state index contributed by atoms with van der Waals surface area (Å²) in [5.74, 6) is 0.187. The number of methoxy groups -OCH3 is 1. The predicted octanol–water partition coefficient (Wildman–Crippen LogP) is 0.657. The fourth-order valence-electron chi connectivity index (χ4n) is 2.69. The fraction of sp³-hybridized carbons (Fsp3) is 0.471. The molecule has 1 fully saturated rings. The molecule has 1 saturated heterocycles. The molecule has 0 atom stereocenters. The van der Waals surface area contributed by atoms with Gasteiger partial charge in [-0.25, -0.2) is 0 Å². The van der Waals surface area contributed by atoms with E-state index in [1.165, 1.54) is 18.9 Å². The highest BCUT2D eigenvalue weighted by Crippen LogP contribution is 2.29. The second kappa shape index (κ2) is 7.81. The van der Waals surface area contributed by atoms with Crippen molar-refractivity contribution < 1.29 is 19.1 Å². The van der Waals surface area contributed by atoms with E-state index in [0.717, 1.165) is 12.0 Å². The minimum Gasteiger partial charge on any atom is -0.495 e. The molecule has 0 saturated carbocycles. The molecule has 1 aromatic rings. The molecular weight excluding hydrogens is 310 g/mol. The van der Waals surface area contributed by atoms with Gasteiger partial charge in [-0.15, -0.1) is 0 Å². The second-order valence-electron chi connectivity index (χ2n) is 5.80. The van der Waals surface area contributed by atoms with Crippen LogP contribution in [-0.2, 0) is 14.4 Å². The summed E-state index contributed by atoms with van der Waals surface area (Å²) >= 11 is 0. The lowest BCUT2D eigenvalue weighted by Crippen LogP contribution is -2.51. The first kappa shape index (κ1) is 17.8. The Hall–Kier alpha value is -2.57. The first-order valence-corrected chi connectivity index (χ1v) is 7.86. The zero-order valence-corrected chi connectivity index (χ0v) is 14.3. The van der Waals surface area contributed by atoms with E-state index >= 15 is 0 Å². The van der Waals surface area contributed by atoms with Crippen LogP contribution in [0.5, 0.6) is 5.75 Å². The third-order valence-corrected chi connectivity index (χ3v) is 4.11. The molecule has 1 aliphatic rings. The van der Waals surface area contributed by atoms with E-state index in [1.54, 1.807) is 15.9 Å². The lowest BCUT2D eigenvalue weighted by atomic mass is 10.2. The largest absolute Gasteiger partial charge is 0.495 e. The summed E-state index contributed by atoms with van der Waals surface area (Å²) in [5.41, 5.74) is 1.56. The number of piperazine rings is 1. The molecule has 0 unspecified atom stereocenters. The molecule has 2 rings (SSSR count). The highest BCUT2D eigenvalue weighted by molar-refractivity contribution is 5.98. The summed E-state index contributed by atoms with van der Waals surface area (Å²) in [5, 5.41) is 0. The monoisotopic (exact) mass is 333 g/mol. The quantitative estimate of drug-likeness (QED) is 0.742. The van der Waals surface area contributed by atoms with Gasteiger partial charge in [-0.3, -0.25) is 19.3 Å². The first-order valence-electron chi connectivity index (χ1n) is 7.86. The molecule has 130 valence electrons. The van der Waals surface area contributed by atoms with Gasteiger partial charge in [0.2, 0.25) is 18.2 Å². The summed E-state index contributed by atoms with van der Waals surface area (Å²) in [6.07, 6.45) is 0.793. The highest BCUT2D eigenvalue weighted by Gasteiger charge is 2.25. The number of carbonyl (C=O) groups excluding carboxylic acids is 3. The lowest BCUT2D eigenvalue weighted by molar-refractivity contribution is -0.134. The van der Waals surface area contributed by atoms with Crippen molar-refractivity contribution in [1.29, 1.82) is 0 Å². The van der Waals surface area contributed by atoms with Crippen molar-refractivity contribution in [2.24, 2.45) is 0 Å². The van der Waals surface area contributed by atoms with Gasteiger partial charge in [0.1, 0.15) is 12.3 Å². The van der Waals surface area contributed by atoms with Crippen molar-refractivity contribution in [3.05, 3.63) is 23.8 Å². The number of ether oxygens (including phenoxy) is 1. The number of benzene rings is 1. The molecule has 0 bridgehead atoms. The van der Waals surface area contributed by atoms with E-state index in [4.69, 9.17) is 4.74 Å². The number of hydrogen-bond donors (Lipinski definition) is 0. The number of amides is 3. The van der Waals surface area contributed by atoms with Crippen LogP contribution in [0.15, 0.2) is 18.2 Å². The molecule has 7 heteroatoms. The third-order valence-electron chi connectivity index (χ3n) is 4.11. The summed E-state index contributed by atoms with van der Waals surface area (Å²) < 4.78 is 5.32. The maximum atomic E-state index is 12.6. The SMILES string of the molecule is COc1ccc(C)cc1N(CC(=O)N1CCN(C=O)CC1)C(C)=O. The van der Waals surface area contributed by atoms with E-state index in [0.29, 0.717) is 37.6 Å².